The molecule has 1 rings (SSSR count). The van der Waals surface area contributed by atoms with Gasteiger partial charge in [0.05, 0.1) is 16.5 Å². The minimum absolute atomic E-state index is 0.179. The van der Waals surface area contributed by atoms with Crippen LogP contribution >= 0.6 is 11.6 Å². The summed E-state index contributed by atoms with van der Waals surface area (Å²) in [6, 6.07) is 4.45. The predicted molar refractivity (Wildman–Crippen MR) is 68.1 cm³/mol. The lowest BCUT2D eigenvalue weighted by Crippen LogP contribution is -2.22. The first-order valence-electron chi connectivity index (χ1n) is 5.24. The third-order valence-corrected chi connectivity index (χ3v) is 4.27. The normalized spacial score (nSPS) is 11.8. The Bertz CT molecular complexity index is 485. The second-order valence-electron chi connectivity index (χ2n) is 3.73. The number of nitrogens with zero attached hydrogens (tertiary/aromatic N) is 1. The van der Waals surface area contributed by atoms with Gasteiger partial charge in [0, 0.05) is 20.2 Å². The lowest BCUT2D eigenvalue weighted by atomic mass is 10.3. The summed E-state index contributed by atoms with van der Waals surface area (Å²) < 4.78 is 30.3. The Balaban J connectivity index is 3.13. The van der Waals surface area contributed by atoms with Crippen molar-refractivity contribution >= 4 is 21.6 Å². The van der Waals surface area contributed by atoms with Crippen molar-refractivity contribution in [3.8, 4) is 5.75 Å². The maximum atomic E-state index is 11.9. The van der Waals surface area contributed by atoms with Gasteiger partial charge in [-0.2, -0.15) is 0 Å². The highest BCUT2D eigenvalue weighted by Crippen LogP contribution is 2.28. The van der Waals surface area contributed by atoms with Crippen molar-refractivity contribution in [1.82, 2.24) is 4.31 Å². The molecule has 0 spiro atoms. The topological polar surface area (TPSA) is 46.6 Å². The lowest BCUT2D eigenvalue weighted by Gasteiger charge is -2.13. The van der Waals surface area contributed by atoms with Crippen LogP contribution in [0, 0.1) is 0 Å². The van der Waals surface area contributed by atoms with Crippen LogP contribution in [0.1, 0.15) is 13.3 Å². The van der Waals surface area contributed by atoms with Gasteiger partial charge in [-0.3, -0.25) is 0 Å². The van der Waals surface area contributed by atoms with Crippen molar-refractivity contribution in [3.63, 3.8) is 0 Å². The van der Waals surface area contributed by atoms with Crippen LogP contribution < -0.4 is 4.74 Å². The van der Waals surface area contributed by atoms with Crippen molar-refractivity contribution in [2.24, 2.45) is 0 Å². The molecule has 0 radical (unpaired) electrons. The summed E-state index contributed by atoms with van der Waals surface area (Å²) in [5.41, 5.74) is 0. The molecule has 1 aromatic carbocycles. The average molecular weight is 278 g/mol. The zero-order valence-corrected chi connectivity index (χ0v) is 11.7. The predicted octanol–water partition coefficient (Wildman–Crippen LogP) is 2.38. The van der Waals surface area contributed by atoms with E-state index in [9.17, 15) is 8.42 Å². The second-order valence-corrected chi connectivity index (χ2v) is 6.29. The van der Waals surface area contributed by atoms with Gasteiger partial charge in [-0.1, -0.05) is 18.5 Å². The molecule has 0 saturated carbocycles. The number of benzene rings is 1. The second kappa shape index (κ2) is 5.71. The van der Waals surface area contributed by atoms with Gasteiger partial charge in [0.15, 0.2) is 0 Å². The molecule has 0 heterocycles. The van der Waals surface area contributed by atoms with E-state index in [4.69, 9.17) is 16.3 Å². The van der Waals surface area contributed by atoms with Crippen molar-refractivity contribution < 1.29 is 13.2 Å². The molecule has 0 aliphatic carbocycles. The number of hydrogen-bond donors (Lipinski definition) is 0. The van der Waals surface area contributed by atoms with E-state index in [1.54, 1.807) is 0 Å². The van der Waals surface area contributed by atoms with E-state index in [-0.39, 0.29) is 4.90 Å². The average Bonchev–Trinajstić information content (AvgIpc) is 2.27. The van der Waals surface area contributed by atoms with Crippen LogP contribution in [0.2, 0.25) is 5.02 Å². The fourth-order valence-electron chi connectivity index (χ4n) is 1.18. The lowest BCUT2D eigenvalue weighted by molar-refractivity contribution is 0.316. The number of hydrogen-bond acceptors (Lipinski definition) is 3. The first-order chi connectivity index (χ1) is 7.89. The Hall–Kier alpha value is -0.780. The quantitative estimate of drug-likeness (QED) is 0.830. The first-order valence-corrected chi connectivity index (χ1v) is 7.06. The van der Waals surface area contributed by atoms with Crippen LogP contribution in [-0.4, -0.2) is 33.4 Å². The Kier molecular flexibility index (Phi) is 4.80. The first kappa shape index (κ1) is 14.3. The molecule has 0 fully saturated rings. The molecular weight excluding hydrogens is 262 g/mol. The van der Waals surface area contributed by atoms with Gasteiger partial charge in [0.2, 0.25) is 10.0 Å². The van der Waals surface area contributed by atoms with E-state index < -0.39 is 10.0 Å². The van der Waals surface area contributed by atoms with Crippen molar-refractivity contribution in [1.29, 1.82) is 0 Å². The van der Waals surface area contributed by atoms with E-state index in [1.807, 2.05) is 6.92 Å². The summed E-state index contributed by atoms with van der Waals surface area (Å²) in [6.07, 6.45) is 0.834. The van der Waals surface area contributed by atoms with Crippen molar-refractivity contribution in [3.05, 3.63) is 23.2 Å². The SMILES string of the molecule is CCCOc1cc(S(=O)(=O)N(C)C)ccc1Cl. The van der Waals surface area contributed by atoms with E-state index in [1.165, 1.54) is 32.3 Å². The molecule has 0 aromatic heterocycles. The maximum absolute atomic E-state index is 11.9. The molecule has 0 aliphatic heterocycles. The molecule has 6 heteroatoms. The van der Waals surface area contributed by atoms with Crippen LogP contribution in [-0.2, 0) is 10.0 Å². The monoisotopic (exact) mass is 277 g/mol. The smallest absolute Gasteiger partial charge is 0.242 e. The molecule has 0 N–H and O–H groups in total. The zero-order chi connectivity index (χ0) is 13.1. The van der Waals surface area contributed by atoms with Crippen molar-refractivity contribution in [2.75, 3.05) is 20.7 Å². The van der Waals surface area contributed by atoms with E-state index >= 15 is 0 Å². The summed E-state index contributed by atoms with van der Waals surface area (Å²) >= 11 is 5.93. The standard InChI is InChI=1S/C11H16ClNO3S/c1-4-7-16-11-8-9(5-6-10(11)12)17(14,15)13(2)3/h5-6,8H,4,7H2,1-3H3. The van der Waals surface area contributed by atoms with E-state index in [0.717, 1.165) is 10.7 Å². The highest BCUT2D eigenvalue weighted by atomic mass is 35.5. The van der Waals surface area contributed by atoms with Crippen LogP contribution in [0.15, 0.2) is 23.1 Å². The fourth-order valence-corrected chi connectivity index (χ4v) is 2.27. The Morgan fingerprint density at radius 3 is 2.53 bits per heavy atom. The number of rotatable bonds is 5. The highest BCUT2D eigenvalue weighted by Gasteiger charge is 2.18. The maximum Gasteiger partial charge on any atom is 0.242 e. The van der Waals surface area contributed by atoms with E-state index in [2.05, 4.69) is 0 Å². The molecule has 0 amide bonds. The minimum Gasteiger partial charge on any atom is -0.492 e. The molecule has 0 saturated heterocycles. The zero-order valence-electron chi connectivity index (χ0n) is 10.1. The molecule has 17 heavy (non-hydrogen) atoms. The molecule has 0 aliphatic rings. The minimum atomic E-state index is -3.45. The number of halogens is 1. The third kappa shape index (κ3) is 3.34. The largest absolute Gasteiger partial charge is 0.492 e. The van der Waals surface area contributed by atoms with Gasteiger partial charge in [-0.05, 0) is 18.6 Å². The van der Waals surface area contributed by atoms with Crippen LogP contribution in [0.5, 0.6) is 5.75 Å². The van der Waals surface area contributed by atoms with Crippen molar-refractivity contribution in [2.45, 2.75) is 18.2 Å². The van der Waals surface area contributed by atoms with Crippen LogP contribution in [0.25, 0.3) is 0 Å². The van der Waals surface area contributed by atoms with Gasteiger partial charge in [-0.15, -0.1) is 0 Å². The van der Waals surface area contributed by atoms with Crippen LogP contribution in [0.3, 0.4) is 0 Å². The summed E-state index contributed by atoms with van der Waals surface area (Å²) in [4.78, 5) is 0.179. The third-order valence-electron chi connectivity index (χ3n) is 2.14. The Morgan fingerprint density at radius 2 is 2.00 bits per heavy atom. The van der Waals surface area contributed by atoms with Gasteiger partial charge in [0.25, 0.3) is 0 Å². The summed E-state index contributed by atoms with van der Waals surface area (Å²) in [6.45, 7) is 2.47. The van der Waals surface area contributed by atoms with Crippen LogP contribution in [0.4, 0.5) is 0 Å². The summed E-state index contributed by atoms with van der Waals surface area (Å²) in [5.74, 6) is 0.399. The van der Waals surface area contributed by atoms with Gasteiger partial charge < -0.3 is 4.74 Å². The number of sulfonamides is 1. The molecule has 96 valence electrons. The Labute approximate surface area is 107 Å². The molecule has 0 atom stereocenters. The van der Waals surface area contributed by atoms with Gasteiger partial charge >= 0.3 is 0 Å². The van der Waals surface area contributed by atoms with E-state index in [0.29, 0.717) is 17.4 Å². The summed E-state index contributed by atoms with van der Waals surface area (Å²) in [5, 5.41) is 0.413. The number of ether oxygens (including phenoxy) is 1. The molecule has 0 bridgehead atoms. The molecule has 0 unspecified atom stereocenters. The molecular formula is C11H16ClNO3S. The van der Waals surface area contributed by atoms with Gasteiger partial charge in [0.1, 0.15) is 5.75 Å². The highest BCUT2D eigenvalue weighted by molar-refractivity contribution is 7.89. The summed E-state index contributed by atoms with van der Waals surface area (Å²) in [7, 11) is -0.481. The Morgan fingerprint density at radius 1 is 1.35 bits per heavy atom. The fraction of sp³-hybridized carbons (Fsp3) is 0.455. The molecule has 1 aromatic rings. The molecule has 4 nitrogen and oxygen atoms in total. The van der Waals surface area contributed by atoms with Gasteiger partial charge in [-0.25, -0.2) is 12.7 Å².